The summed E-state index contributed by atoms with van der Waals surface area (Å²) in [4.78, 5) is 23.5. The van der Waals surface area contributed by atoms with Crippen LogP contribution in [-0.4, -0.2) is 11.9 Å². The second kappa shape index (κ2) is 10.5. The average Bonchev–Trinajstić information content (AvgIpc) is 3.23. The van der Waals surface area contributed by atoms with Crippen molar-refractivity contribution < 1.29 is 23.5 Å². The fourth-order valence-electron chi connectivity index (χ4n) is 2.42. The number of rotatable bonds is 8. The largest absolute Gasteiger partial charge is 0.459 e. The molecule has 29 heavy (non-hydrogen) atoms. The molecule has 3 rings (SSSR count). The van der Waals surface area contributed by atoms with Crippen LogP contribution >= 0.6 is 0 Å². The topological polar surface area (TPSA) is 65.7 Å². The van der Waals surface area contributed by atoms with Crippen LogP contribution in [-0.2, 0) is 32.3 Å². The van der Waals surface area contributed by atoms with Crippen LogP contribution in [0.25, 0.3) is 12.2 Å². The SMILES string of the molecule is O=C(/C=C/c1ccccc1)OCc1ccc(COC(=O)/C=C/c2ccccc2)o1. The van der Waals surface area contributed by atoms with Gasteiger partial charge in [0, 0.05) is 12.2 Å². The monoisotopic (exact) mass is 388 g/mol. The Morgan fingerprint density at radius 1 is 0.655 bits per heavy atom. The molecule has 3 aromatic rings. The van der Waals surface area contributed by atoms with Crippen molar-refractivity contribution in [2.45, 2.75) is 13.2 Å². The third-order valence-electron chi connectivity index (χ3n) is 3.85. The minimum absolute atomic E-state index is 0.000179. The smallest absolute Gasteiger partial charge is 0.331 e. The molecule has 5 nitrogen and oxygen atoms in total. The number of esters is 2. The molecule has 2 aromatic carbocycles. The lowest BCUT2D eigenvalue weighted by atomic mass is 10.2. The van der Waals surface area contributed by atoms with E-state index in [2.05, 4.69) is 0 Å². The van der Waals surface area contributed by atoms with Crippen LogP contribution in [0.1, 0.15) is 22.6 Å². The Morgan fingerprint density at radius 2 is 1.07 bits per heavy atom. The summed E-state index contributed by atoms with van der Waals surface area (Å²) in [7, 11) is 0. The lowest BCUT2D eigenvalue weighted by Crippen LogP contribution is -2.01. The van der Waals surface area contributed by atoms with Gasteiger partial charge >= 0.3 is 11.9 Å². The van der Waals surface area contributed by atoms with Crippen molar-refractivity contribution >= 4 is 24.1 Å². The van der Waals surface area contributed by atoms with E-state index in [0.29, 0.717) is 11.5 Å². The van der Waals surface area contributed by atoms with E-state index in [1.807, 2.05) is 60.7 Å². The van der Waals surface area contributed by atoms with Gasteiger partial charge in [-0.1, -0.05) is 60.7 Å². The van der Waals surface area contributed by atoms with E-state index < -0.39 is 11.9 Å². The van der Waals surface area contributed by atoms with E-state index in [-0.39, 0.29) is 13.2 Å². The van der Waals surface area contributed by atoms with Crippen LogP contribution in [0.5, 0.6) is 0 Å². The Kier molecular flexibility index (Phi) is 7.18. The molecule has 146 valence electrons. The van der Waals surface area contributed by atoms with Crippen LogP contribution < -0.4 is 0 Å². The van der Waals surface area contributed by atoms with Gasteiger partial charge < -0.3 is 13.9 Å². The third kappa shape index (κ3) is 6.99. The van der Waals surface area contributed by atoms with Gasteiger partial charge in [-0.05, 0) is 35.4 Å². The first kappa shape index (κ1) is 19.9. The number of hydrogen-bond acceptors (Lipinski definition) is 5. The quantitative estimate of drug-likeness (QED) is 0.410. The van der Waals surface area contributed by atoms with Crippen molar-refractivity contribution in [3.8, 4) is 0 Å². The molecular formula is C24H20O5. The first-order valence-electron chi connectivity index (χ1n) is 9.06. The molecule has 0 atom stereocenters. The van der Waals surface area contributed by atoms with Gasteiger partial charge in [-0.15, -0.1) is 0 Å². The molecule has 0 radical (unpaired) electrons. The molecule has 0 spiro atoms. The van der Waals surface area contributed by atoms with Crippen LogP contribution in [0.2, 0.25) is 0 Å². The lowest BCUT2D eigenvalue weighted by Gasteiger charge is -2.00. The van der Waals surface area contributed by atoms with Crippen LogP contribution in [0, 0.1) is 0 Å². The number of ether oxygens (including phenoxy) is 2. The molecule has 0 amide bonds. The van der Waals surface area contributed by atoms with Crippen LogP contribution in [0.3, 0.4) is 0 Å². The maximum absolute atomic E-state index is 11.8. The first-order valence-corrected chi connectivity index (χ1v) is 9.06. The summed E-state index contributed by atoms with van der Waals surface area (Å²) in [5.41, 5.74) is 1.82. The fourth-order valence-corrected chi connectivity index (χ4v) is 2.42. The Morgan fingerprint density at radius 3 is 1.48 bits per heavy atom. The fraction of sp³-hybridized carbons (Fsp3) is 0.0833. The molecule has 0 fully saturated rings. The van der Waals surface area contributed by atoms with Crippen LogP contribution in [0.4, 0.5) is 0 Å². The van der Waals surface area contributed by atoms with Crippen molar-refractivity contribution in [2.24, 2.45) is 0 Å². The first-order chi connectivity index (χ1) is 14.2. The average molecular weight is 388 g/mol. The summed E-state index contributed by atoms with van der Waals surface area (Å²) < 4.78 is 15.8. The molecule has 0 saturated heterocycles. The minimum Gasteiger partial charge on any atom is -0.459 e. The summed E-state index contributed by atoms with van der Waals surface area (Å²) in [5, 5.41) is 0. The van der Waals surface area contributed by atoms with E-state index >= 15 is 0 Å². The Hall–Kier alpha value is -3.86. The Bertz CT molecular complexity index is 904. The van der Waals surface area contributed by atoms with Crippen LogP contribution in [0.15, 0.2) is 89.4 Å². The van der Waals surface area contributed by atoms with Crippen molar-refractivity contribution in [3.05, 3.63) is 108 Å². The predicted octanol–water partition coefficient (Wildman–Crippen LogP) is 4.79. The predicted molar refractivity (Wildman–Crippen MR) is 109 cm³/mol. The Labute approximate surface area is 168 Å². The van der Waals surface area contributed by atoms with Gasteiger partial charge in [0.25, 0.3) is 0 Å². The second-order valence-electron chi connectivity index (χ2n) is 6.07. The number of carbonyl (C=O) groups is 2. The molecule has 0 bridgehead atoms. The van der Waals surface area contributed by atoms with Gasteiger partial charge in [0.15, 0.2) is 0 Å². The van der Waals surface area contributed by atoms with Gasteiger partial charge in [0.05, 0.1) is 0 Å². The molecule has 0 unspecified atom stereocenters. The van der Waals surface area contributed by atoms with Gasteiger partial charge in [-0.25, -0.2) is 9.59 Å². The van der Waals surface area contributed by atoms with Gasteiger partial charge in [-0.3, -0.25) is 0 Å². The highest BCUT2D eigenvalue weighted by molar-refractivity contribution is 5.87. The molecule has 1 aromatic heterocycles. The van der Waals surface area contributed by atoms with Crippen molar-refractivity contribution in [2.75, 3.05) is 0 Å². The summed E-state index contributed by atoms with van der Waals surface area (Å²) >= 11 is 0. The van der Waals surface area contributed by atoms with Crippen molar-refractivity contribution in [3.63, 3.8) is 0 Å². The van der Waals surface area contributed by atoms with E-state index in [9.17, 15) is 9.59 Å². The van der Waals surface area contributed by atoms with Gasteiger partial charge in [-0.2, -0.15) is 0 Å². The highest BCUT2D eigenvalue weighted by Gasteiger charge is 2.07. The highest BCUT2D eigenvalue weighted by atomic mass is 16.5. The molecule has 0 aliphatic heterocycles. The molecule has 1 heterocycles. The number of furan rings is 1. The molecule has 0 saturated carbocycles. The zero-order valence-corrected chi connectivity index (χ0v) is 15.7. The van der Waals surface area contributed by atoms with Crippen molar-refractivity contribution in [1.29, 1.82) is 0 Å². The van der Waals surface area contributed by atoms with E-state index in [1.54, 1.807) is 24.3 Å². The second-order valence-corrected chi connectivity index (χ2v) is 6.07. The standard InChI is InChI=1S/C24H20O5/c25-23(15-11-19-7-3-1-4-8-19)27-17-21-13-14-22(29-21)18-28-24(26)16-12-20-9-5-2-6-10-20/h1-16H,17-18H2/b15-11+,16-12+. The number of benzene rings is 2. The van der Waals surface area contributed by atoms with E-state index in [4.69, 9.17) is 13.9 Å². The Balaban J connectivity index is 1.41. The van der Waals surface area contributed by atoms with E-state index in [0.717, 1.165) is 11.1 Å². The molecule has 0 aliphatic carbocycles. The zero-order valence-electron chi connectivity index (χ0n) is 15.7. The minimum atomic E-state index is -0.468. The summed E-state index contributed by atoms with van der Waals surface area (Å²) in [6, 6.07) is 22.3. The molecule has 5 heteroatoms. The highest BCUT2D eigenvalue weighted by Crippen LogP contribution is 2.11. The zero-order chi connectivity index (χ0) is 20.3. The normalized spacial score (nSPS) is 11.0. The van der Waals surface area contributed by atoms with Crippen molar-refractivity contribution in [1.82, 2.24) is 0 Å². The summed E-state index contributed by atoms with van der Waals surface area (Å²) in [6.07, 6.45) is 6.08. The lowest BCUT2D eigenvalue weighted by molar-refractivity contribution is -0.139. The van der Waals surface area contributed by atoms with Gasteiger partial charge in [0.2, 0.25) is 0 Å². The molecular weight excluding hydrogens is 368 g/mol. The molecule has 0 N–H and O–H groups in total. The number of carbonyl (C=O) groups excluding carboxylic acids is 2. The number of hydrogen-bond donors (Lipinski definition) is 0. The molecule has 0 aliphatic rings. The van der Waals surface area contributed by atoms with Gasteiger partial charge in [0.1, 0.15) is 24.7 Å². The summed E-state index contributed by atoms with van der Waals surface area (Å²) in [6.45, 7) is -0.000358. The maximum atomic E-state index is 11.8. The van der Waals surface area contributed by atoms with E-state index in [1.165, 1.54) is 12.2 Å². The maximum Gasteiger partial charge on any atom is 0.331 e. The summed E-state index contributed by atoms with van der Waals surface area (Å²) in [5.74, 6) is 0.00300. The third-order valence-corrected chi connectivity index (χ3v) is 3.85.